The predicted octanol–water partition coefficient (Wildman–Crippen LogP) is 2.53. The molecule has 0 aliphatic carbocycles. The molecule has 2 rings (SSSR count). The van der Waals surface area contributed by atoms with E-state index in [2.05, 4.69) is 9.73 Å². The lowest BCUT2D eigenvalue weighted by molar-refractivity contribution is -0.0498. The van der Waals surface area contributed by atoms with Gasteiger partial charge in [-0.2, -0.15) is 13.8 Å². The van der Waals surface area contributed by atoms with E-state index >= 15 is 0 Å². The average molecular weight is 283 g/mol. The molecule has 20 heavy (non-hydrogen) atoms. The second-order valence-electron chi connectivity index (χ2n) is 4.36. The summed E-state index contributed by atoms with van der Waals surface area (Å²) in [5, 5.41) is 0. The second-order valence-corrected chi connectivity index (χ2v) is 4.36. The molecule has 1 aliphatic heterocycles. The zero-order valence-electron chi connectivity index (χ0n) is 10.9. The highest BCUT2D eigenvalue weighted by Crippen LogP contribution is 2.28. The van der Waals surface area contributed by atoms with Gasteiger partial charge in [0.25, 0.3) is 0 Å². The van der Waals surface area contributed by atoms with E-state index in [9.17, 15) is 13.6 Å². The van der Waals surface area contributed by atoms with E-state index in [4.69, 9.17) is 5.73 Å². The van der Waals surface area contributed by atoms with Crippen molar-refractivity contribution in [3.63, 3.8) is 0 Å². The van der Waals surface area contributed by atoms with Crippen molar-refractivity contribution in [3.8, 4) is 5.75 Å². The third kappa shape index (κ3) is 2.87. The van der Waals surface area contributed by atoms with Crippen molar-refractivity contribution in [2.75, 3.05) is 6.54 Å². The van der Waals surface area contributed by atoms with Gasteiger partial charge in [0.15, 0.2) is 0 Å². The normalized spacial score (nSPS) is 18.6. The molecule has 0 aromatic heterocycles. The largest absolute Gasteiger partial charge is 0.435 e. The van der Waals surface area contributed by atoms with Crippen molar-refractivity contribution >= 4 is 11.9 Å². The number of nitrogens with zero attached hydrogens (tertiary/aromatic N) is 2. The second kappa shape index (κ2) is 5.85. The maximum Gasteiger partial charge on any atom is 0.387 e. The number of hydrogen-bond acceptors (Lipinski definition) is 3. The highest BCUT2D eigenvalue weighted by atomic mass is 19.3. The zero-order chi connectivity index (χ0) is 14.7. The summed E-state index contributed by atoms with van der Waals surface area (Å²) in [6, 6.07) is 5.23. The summed E-state index contributed by atoms with van der Waals surface area (Å²) < 4.78 is 28.4. The first-order valence-corrected chi connectivity index (χ1v) is 6.22. The number of amides is 2. The van der Waals surface area contributed by atoms with E-state index in [1.54, 1.807) is 17.0 Å². The summed E-state index contributed by atoms with van der Waals surface area (Å²) in [6.45, 7) is -0.390. The number of hydrogen-bond donors (Lipinski definition) is 1. The summed E-state index contributed by atoms with van der Waals surface area (Å²) in [7, 11) is 0. The minimum atomic E-state index is -2.86. The Labute approximate surface area is 115 Å². The molecule has 5 nitrogen and oxygen atoms in total. The molecule has 0 bridgehead atoms. The molecule has 0 saturated carbocycles. The van der Waals surface area contributed by atoms with Crippen LogP contribution in [0.1, 0.15) is 24.9 Å². The Morgan fingerprint density at radius 1 is 1.40 bits per heavy atom. The fourth-order valence-corrected chi connectivity index (χ4v) is 2.15. The quantitative estimate of drug-likeness (QED) is 0.902. The Kier molecular flexibility index (Phi) is 4.16. The minimum Gasteiger partial charge on any atom is -0.435 e. The van der Waals surface area contributed by atoms with Crippen LogP contribution in [0.25, 0.3) is 0 Å². The Morgan fingerprint density at radius 2 is 2.05 bits per heavy atom. The molecule has 1 aromatic rings. The van der Waals surface area contributed by atoms with Crippen LogP contribution in [0.3, 0.4) is 0 Å². The number of halogens is 2. The fourth-order valence-electron chi connectivity index (χ4n) is 2.15. The van der Waals surface area contributed by atoms with Crippen molar-refractivity contribution in [2.45, 2.75) is 26.0 Å². The SMILES string of the molecule is CCCN1C(=O)N=C(N)C1c1ccc(OC(F)F)cc1. The van der Waals surface area contributed by atoms with Crippen molar-refractivity contribution in [1.82, 2.24) is 4.90 Å². The summed E-state index contributed by atoms with van der Waals surface area (Å²) in [5.41, 5.74) is 6.49. The third-order valence-corrected chi connectivity index (χ3v) is 2.95. The first kappa shape index (κ1) is 14.2. The Bertz CT molecular complexity index is 517. The number of carbonyl (C=O) groups excluding carboxylic acids is 1. The highest BCUT2D eigenvalue weighted by molar-refractivity contribution is 6.03. The smallest absolute Gasteiger partial charge is 0.387 e. The molecule has 1 unspecified atom stereocenters. The van der Waals surface area contributed by atoms with Crippen LogP contribution < -0.4 is 10.5 Å². The number of rotatable bonds is 5. The first-order valence-electron chi connectivity index (χ1n) is 6.22. The number of amidine groups is 1. The van der Waals surface area contributed by atoms with Gasteiger partial charge in [-0.25, -0.2) is 4.79 Å². The lowest BCUT2D eigenvalue weighted by Crippen LogP contribution is -2.33. The van der Waals surface area contributed by atoms with Gasteiger partial charge in [-0.05, 0) is 24.1 Å². The maximum atomic E-state index is 12.1. The number of carbonyl (C=O) groups is 1. The van der Waals surface area contributed by atoms with Crippen LogP contribution in [0.5, 0.6) is 5.75 Å². The standard InChI is InChI=1S/C13H15F2N3O2/c1-2-7-18-10(11(16)17-13(18)19)8-3-5-9(6-4-8)20-12(14)15/h3-6,10,12H,2,7H2,1H3,(H2,16,17,19). The molecule has 7 heteroatoms. The van der Waals surface area contributed by atoms with Gasteiger partial charge in [-0.1, -0.05) is 19.1 Å². The van der Waals surface area contributed by atoms with E-state index in [0.717, 1.165) is 6.42 Å². The molecule has 1 atom stereocenters. The Balaban J connectivity index is 2.21. The molecule has 1 aliphatic rings. The van der Waals surface area contributed by atoms with Gasteiger partial charge >= 0.3 is 12.6 Å². The molecule has 0 spiro atoms. The van der Waals surface area contributed by atoms with Gasteiger partial charge in [0.1, 0.15) is 17.6 Å². The molecular formula is C13H15F2N3O2. The van der Waals surface area contributed by atoms with Gasteiger partial charge in [0, 0.05) is 6.54 Å². The number of ether oxygens (including phenoxy) is 1. The summed E-state index contributed by atoms with van der Waals surface area (Å²) >= 11 is 0. The van der Waals surface area contributed by atoms with Gasteiger partial charge in [-0.15, -0.1) is 0 Å². The van der Waals surface area contributed by atoms with Crippen molar-refractivity contribution in [1.29, 1.82) is 0 Å². The van der Waals surface area contributed by atoms with E-state index < -0.39 is 12.7 Å². The number of alkyl halides is 2. The van der Waals surface area contributed by atoms with Crippen LogP contribution in [0, 0.1) is 0 Å². The fraction of sp³-hybridized carbons (Fsp3) is 0.385. The lowest BCUT2D eigenvalue weighted by atomic mass is 10.1. The van der Waals surface area contributed by atoms with Crippen molar-refractivity contribution in [3.05, 3.63) is 29.8 Å². The monoisotopic (exact) mass is 283 g/mol. The van der Waals surface area contributed by atoms with Crippen molar-refractivity contribution < 1.29 is 18.3 Å². The molecule has 0 fully saturated rings. The zero-order valence-corrected chi connectivity index (χ0v) is 10.9. The number of urea groups is 1. The minimum absolute atomic E-state index is 0.0608. The van der Waals surface area contributed by atoms with Gasteiger partial charge in [0.05, 0.1) is 0 Å². The average Bonchev–Trinajstić information content (AvgIpc) is 2.65. The predicted molar refractivity (Wildman–Crippen MR) is 69.8 cm³/mol. The molecule has 0 saturated heterocycles. The van der Waals surface area contributed by atoms with Crippen LogP contribution in [0.2, 0.25) is 0 Å². The lowest BCUT2D eigenvalue weighted by Gasteiger charge is -2.24. The Hall–Kier alpha value is -2.18. The van der Waals surface area contributed by atoms with E-state index in [0.29, 0.717) is 12.1 Å². The van der Waals surface area contributed by atoms with Gasteiger partial charge in [0.2, 0.25) is 0 Å². The van der Waals surface area contributed by atoms with Crippen LogP contribution in [-0.4, -0.2) is 29.9 Å². The van der Waals surface area contributed by atoms with Crippen LogP contribution in [0.4, 0.5) is 13.6 Å². The van der Waals surface area contributed by atoms with Crippen LogP contribution >= 0.6 is 0 Å². The van der Waals surface area contributed by atoms with E-state index in [-0.39, 0.29) is 17.6 Å². The summed E-state index contributed by atoms with van der Waals surface area (Å²) in [6.07, 6.45) is 0.775. The van der Waals surface area contributed by atoms with Crippen LogP contribution in [-0.2, 0) is 0 Å². The topological polar surface area (TPSA) is 67.9 Å². The molecule has 108 valence electrons. The molecule has 2 N–H and O–H groups in total. The van der Waals surface area contributed by atoms with Gasteiger partial charge in [-0.3, -0.25) is 0 Å². The van der Waals surface area contributed by atoms with Crippen LogP contribution in [0.15, 0.2) is 29.3 Å². The third-order valence-electron chi connectivity index (χ3n) is 2.95. The number of nitrogens with two attached hydrogens (primary N) is 1. The maximum absolute atomic E-state index is 12.1. The number of aliphatic imine (C=N–C) groups is 1. The molecule has 1 aromatic carbocycles. The van der Waals surface area contributed by atoms with Crippen molar-refractivity contribution in [2.24, 2.45) is 10.7 Å². The molecule has 2 amide bonds. The Morgan fingerprint density at radius 3 is 2.60 bits per heavy atom. The highest BCUT2D eigenvalue weighted by Gasteiger charge is 2.33. The molecular weight excluding hydrogens is 268 g/mol. The summed E-state index contributed by atoms with van der Waals surface area (Å²) in [4.78, 5) is 17.0. The van der Waals surface area contributed by atoms with E-state index in [1.807, 2.05) is 6.92 Å². The number of benzene rings is 1. The van der Waals surface area contributed by atoms with E-state index in [1.165, 1.54) is 12.1 Å². The molecule has 1 heterocycles. The first-order chi connectivity index (χ1) is 9.52. The molecule has 0 radical (unpaired) electrons. The summed E-state index contributed by atoms with van der Waals surface area (Å²) in [5.74, 6) is 0.275. The van der Waals surface area contributed by atoms with Gasteiger partial charge < -0.3 is 15.4 Å².